The predicted molar refractivity (Wildman–Crippen MR) is 109 cm³/mol. The van der Waals surface area contributed by atoms with E-state index < -0.39 is 16.1 Å². The number of nitrogens with two attached hydrogens (primary N) is 1. The number of carbonyl (C=O) groups is 1. The highest BCUT2D eigenvalue weighted by atomic mass is 35.5. The Labute approximate surface area is 167 Å². The van der Waals surface area contributed by atoms with Gasteiger partial charge in [0.1, 0.15) is 6.10 Å². The van der Waals surface area contributed by atoms with Gasteiger partial charge in [-0.25, -0.2) is 8.42 Å². The van der Waals surface area contributed by atoms with Crippen LogP contribution in [0.15, 0.2) is 23.1 Å². The summed E-state index contributed by atoms with van der Waals surface area (Å²) in [6.07, 6.45) is 0.657. The van der Waals surface area contributed by atoms with Crippen LogP contribution >= 0.6 is 12.4 Å². The quantitative estimate of drug-likeness (QED) is 0.589. The van der Waals surface area contributed by atoms with Gasteiger partial charge < -0.3 is 21.1 Å². The fourth-order valence-electron chi connectivity index (χ4n) is 3.00. The first-order chi connectivity index (χ1) is 12.4. The van der Waals surface area contributed by atoms with Crippen LogP contribution in [0.1, 0.15) is 26.7 Å². The summed E-state index contributed by atoms with van der Waals surface area (Å²) in [7, 11) is -1.90. The van der Waals surface area contributed by atoms with Gasteiger partial charge in [-0.2, -0.15) is 4.31 Å². The van der Waals surface area contributed by atoms with Crippen molar-refractivity contribution in [3.8, 4) is 0 Å². The lowest BCUT2D eigenvalue weighted by Gasteiger charge is -2.20. The first kappa shape index (κ1) is 23.6. The van der Waals surface area contributed by atoms with Gasteiger partial charge in [0.05, 0.1) is 22.4 Å². The molecule has 0 radical (unpaired) electrons. The van der Waals surface area contributed by atoms with Crippen molar-refractivity contribution < 1.29 is 17.9 Å². The zero-order chi connectivity index (χ0) is 19.3. The maximum atomic E-state index is 12.7. The van der Waals surface area contributed by atoms with Crippen LogP contribution in [0, 0.1) is 0 Å². The average Bonchev–Trinajstić information content (AvgIpc) is 3.11. The Morgan fingerprint density at radius 2 is 1.93 bits per heavy atom. The molecule has 0 saturated carbocycles. The molecular weight excluding hydrogens is 392 g/mol. The second kappa shape index (κ2) is 10.2. The van der Waals surface area contributed by atoms with E-state index in [0.29, 0.717) is 37.4 Å². The Kier molecular flexibility index (Phi) is 8.97. The average molecular weight is 421 g/mol. The van der Waals surface area contributed by atoms with Crippen molar-refractivity contribution in [3.05, 3.63) is 18.2 Å². The Morgan fingerprint density at radius 3 is 2.44 bits per heavy atom. The number of sulfonamides is 1. The number of amides is 1. The molecule has 10 heteroatoms. The lowest BCUT2D eigenvalue weighted by Crippen LogP contribution is -2.31. The molecular formula is C17H29ClN4O4S. The smallest absolute Gasteiger partial charge is 0.253 e. The van der Waals surface area contributed by atoms with Crippen LogP contribution in [0.5, 0.6) is 0 Å². The number of rotatable bonds is 8. The van der Waals surface area contributed by atoms with Crippen molar-refractivity contribution in [2.24, 2.45) is 5.73 Å². The molecule has 1 aromatic carbocycles. The molecule has 0 bridgehead atoms. The van der Waals surface area contributed by atoms with E-state index in [9.17, 15) is 13.2 Å². The third-order valence-electron chi connectivity index (χ3n) is 4.52. The van der Waals surface area contributed by atoms with Gasteiger partial charge in [-0.3, -0.25) is 4.79 Å². The fourth-order valence-corrected chi connectivity index (χ4v) is 4.49. The molecule has 1 aromatic rings. The zero-order valence-electron chi connectivity index (χ0n) is 15.9. The molecule has 0 unspecified atom stereocenters. The normalized spacial score (nSPS) is 19.6. The van der Waals surface area contributed by atoms with Crippen LogP contribution < -0.4 is 16.4 Å². The van der Waals surface area contributed by atoms with E-state index in [1.807, 2.05) is 0 Å². The van der Waals surface area contributed by atoms with Crippen LogP contribution in [0.4, 0.5) is 11.4 Å². The molecule has 1 saturated heterocycles. The molecule has 1 fully saturated rings. The lowest BCUT2D eigenvalue weighted by atomic mass is 10.2. The monoisotopic (exact) mass is 420 g/mol. The number of nitrogens with one attached hydrogen (secondary N) is 2. The topological polar surface area (TPSA) is 114 Å². The molecule has 0 aromatic heterocycles. The van der Waals surface area contributed by atoms with E-state index in [-0.39, 0.29) is 29.3 Å². The van der Waals surface area contributed by atoms with Gasteiger partial charge in [0.2, 0.25) is 10.0 Å². The minimum Gasteiger partial charge on any atom is -0.386 e. The lowest BCUT2D eigenvalue weighted by molar-refractivity contribution is -0.126. The second-order valence-corrected chi connectivity index (χ2v) is 8.03. The molecule has 4 N–H and O–H groups in total. The molecule has 8 nitrogen and oxygen atoms in total. The van der Waals surface area contributed by atoms with Crippen molar-refractivity contribution >= 4 is 39.7 Å². The third-order valence-corrected chi connectivity index (χ3v) is 6.57. The summed E-state index contributed by atoms with van der Waals surface area (Å²) in [6.45, 7) is 4.71. The van der Waals surface area contributed by atoms with Gasteiger partial charge in [0.15, 0.2) is 0 Å². The number of nitrogens with zero attached hydrogens (tertiary/aromatic N) is 1. The summed E-state index contributed by atoms with van der Waals surface area (Å²) in [5.74, 6) is -0.296. The number of anilines is 2. The molecule has 1 aliphatic heterocycles. The van der Waals surface area contributed by atoms with Gasteiger partial charge in [0.25, 0.3) is 5.91 Å². The standard InChI is InChI=1S/C17H28N4O4S.ClH/c1-4-21(5-2)26(23,24)13-7-8-14(19-3)15(10-13)20-17(22)16-9-6-12(11-18)25-16;/h7-8,10,12,16,19H,4-6,9,11,18H2,1-3H3,(H,20,22);1H/t12-,16+;/m1./s1. The molecule has 154 valence electrons. The summed E-state index contributed by atoms with van der Waals surface area (Å²) in [4.78, 5) is 12.6. The van der Waals surface area contributed by atoms with E-state index >= 15 is 0 Å². The number of hydrogen-bond acceptors (Lipinski definition) is 6. The highest BCUT2D eigenvalue weighted by Crippen LogP contribution is 2.28. The van der Waals surface area contributed by atoms with E-state index in [0.717, 1.165) is 6.42 Å². The third kappa shape index (κ3) is 5.32. The first-order valence-electron chi connectivity index (χ1n) is 8.85. The number of ether oxygens (including phenoxy) is 1. The highest BCUT2D eigenvalue weighted by Gasteiger charge is 2.30. The van der Waals surface area contributed by atoms with Crippen molar-refractivity contribution in [3.63, 3.8) is 0 Å². The minimum atomic E-state index is -3.61. The largest absolute Gasteiger partial charge is 0.386 e. The molecule has 1 heterocycles. The molecule has 0 aliphatic carbocycles. The van der Waals surface area contributed by atoms with Crippen LogP contribution in [0.25, 0.3) is 0 Å². The Morgan fingerprint density at radius 1 is 1.26 bits per heavy atom. The summed E-state index contributed by atoms with van der Waals surface area (Å²) in [5, 5.41) is 5.75. The van der Waals surface area contributed by atoms with Crippen molar-refractivity contribution in [2.45, 2.75) is 43.8 Å². The fraction of sp³-hybridized carbons (Fsp3) is 0.588. The first-order valence-corrected chi connectivity index (χ1v) is 10.3. The Bertz CT molecular complexity index is 740. The van der Waals surface area contributed by atoms with Crippen molar-refractivity contribution in [1.82, 2.24) is 4.31 Å². The predicted octanol–water partition coefficient (Wildman–Crippen LogP) is 1.63. The maximum Gasteiger partial charge on any atom is 0.253 e. The maximum absolute atomic E-state index is 12.7. The number of hydrogen-bond donors (Lipinski definition) is 3. The Balaban J connectivity index is 0.00000364. The van der Waals surface area contributed by atoms with E-state index in [1.54, 1.807) is 27.0 Å². The number of halogens is 1. The summed E-state index contributed by atoms with van der Waals surface area (Å²) in [5.41, 5.74) is 6.62. The minimum absolute atomic E-state index is 0. The molecule has 2 atom stereocenters. The van der Waals surface area contributed by atoms with Gasteiger partial charge in [0, 0.05) is 26.7 Å². The van der Waals surface area contributed by atoms with Crippen LogP contribution in [-0.4, -0.2) is 57.5 Å². The molecule has 2 rings (SSSR count). The molecule has 1 amide bonds. The molecule has 27 heavy (non-hydrogen) atoms. The van der Waals surface area contributed by atoms with Crippen LogP contribution in [-0.2, 0) is 19.6 Å². The zero-order valence-corrected chi connectivity index (χ0v) is 17.5. The van der Waals surface area contributed by atoms with Gasteiger partial charge in [-0.05, 0) is 31.0 Å². The highest BCUT2D eigenvalue weighted by molar-refractivity contribution is 7.89. The summed E-state index contributed by atoms with van der Waals surface area (Å²) < 4.78 is 32.4. The summed E-state index contributed by atoms with van der Waals surface area (Å²) in [6, 6.07) is 4.66. The molecule has 1 aliphatic rings. The second-order valence-electron chi connectivity index (χ2n) is 6.10. The summed E-state index contributed by atoms with van der Waals surface area (Å²) >= 11 is 0. The van der Waals surface area contributed by atoms with E-state index in [1.165, 1.54) is 16.4 Å². The Hall–Kier alpha value is -1.39. The van der Waals surface area contributed by atoms with Crippen molar-refractivity contribution in [1.29, 1.82) is 0 Å². The van der Waals surface area contributed by atoms with Gasteiger partial charge in [-0.15, -0.1) is 12.4 Å². The van der Waals surface area contributed by atoms with E-state index in [4.69, 9.17) is 10.5 Å². The molecule has 0 spiro atoms. The van der Waals surface area contributed by atoms with Crippen LogP contribution in [0.2, 0.25) is 0 Å². The number of benzene rings is 1. The van der Waals surface area contributed by atoms with Crippen molar-refractivity contribution in [2.75, 3.05) is 37.3 Å². The SMILES string of the molecule is CCN(CC)S(=O)(=O)c1ccc(NC)c(NC(=O)[C@@H]2CC[C@H](CN)O2)c1.Cl. The van der Waals surface area contributed by atoms with Gasteiger partial charge in [-0.1, -0.05) is 13.8 Å². The van der Waals surface area contributed by atoms with E-state index in [2.05, 4.69) is 10.6 Å². The van der Waals surface area contributed by atoms with Crippen LogP contribution in [0.3, 0.4) is 0 Å². The number of carbonyl (C=O) groups excluding carboxylic acids is 1. The van der Waals surface area contributed by atoms with Gasteiger partial charge >= 0.3 is 0 Å².